The highest BCUT2D eigenvalue weighted by molar-refractivity contribution is 7.99. The second kappa shape index (κ2) is 6.20. The Morgan fingerprint density at radius 1 is 1.04 bits per heavy atom. The Labute approximate surface area is 157 Å². The predicted octanol–water partition coefficient (Wildman–Crippen LogP) is 5.35. The zero-order valence-corrected chi connectivity index (χ0v) is 15.7. The quantitative estimate of drug-likeness (QED) is 0.563. The fourth-order valence-electron chi connectivity index (χ4n) is 5.60. The van der Waals surface area contributed by atoms with E-state index >= 15 is 0 Å². The Hall–Kier alpha value is -1.20. The number of hydrogen-bond donors (Lipinski definition) is 1. The highest BCUT2D eigenvalue weighted by Gasteiger charge is 2.54. The second-order valence-corrected chi connectivity index (χ2v) is 9.41. The molecule has 4 bridgehead atoms. The maximum Gasteiger partial charge on any atom is 0.278 e. The molecule has 0 radical (unpaired) electrons. The molecular weight excluding hydrogens is 354 g/mol. The van der Waals surface area contributed by atoms with Crippen molar-refractivity contribution in [1.29, 1.82) is 0 Å². The minimum absolute atomic E-state index is 0.185. The zero-order chi connectivity index (χ0) is 16.9. The zero-order valence-electron chi connectivity index (χ0n) is 14.1. The topological polar surface area (TPSA) is 51.0 Å². The van der Waals surface area contributed by atoms with Gasteiger partial charge < -0.3 is 9.73 Å². The molecule has 132 valence electrons. The minimum Gasteiger partial charge on any atom is -0.415 e. The summed E-state index contributed by atoms with van der Waals surface area (Å²) in [5, 5.41) is 13.5. The van der Waals surface area contributed by atoms with Crippen molar-refractivity contribution in [3.05, 3.63) is 35.2 Å². The predicted molar refractivity (Wildman–Crippen MR) is 99.9 cm³/mol. The van der Waals surface area contributed by atoms with Gasteiger partial charge in [0.1, 0.15) is 0 Å². The summed E-state index contributed by atoms with van der Waals surface area (Å²) >= 11 is 7.47. The molecule has 0 saturated heterocycles. The van der Waals surface area contributed by atoms with Crippen molar-refractivity contribution < 1.29 is 4.42 Å². The first-order chi connectivity index (χ1) is 12.2. The van der Waals surface area contributed by atoms with Crippen LogP contribution in [0, 0.1) is 17.8 Å². The van der Waals surface area contributed by atoms with Gasteiger partial charge in [-0.05, 0) is 92.3 Å². The third kappa shape index (κ3) is 3.06. The molecule has 0 unspecified atom stereocenters. The number of benzene rings is 1. The van der Waals surface area contributed by atoms with Crippen molar-refractivity contribution in [3.8, 4) is 0 Å². The summed E-state index contributed by atoms with van der Waals surface area (Å²) in [5.74, 6) is 4.27. The van der Waals surface area contributed by atoms with E-state index in [9.17, 15) is 0 Å². The van der Waals surface area contributed by atoms with Crippen molar-refractivity contribution in [2.75, 3.05) is 11.2 Å². The normalized spacial score (nSPS) is 32.9. The number of nitrogens with zero attached hydrogens (tertiary/aromatic N) is 2. The summed E-state index contributed by atoms with van der Waals surface area (Å²) in [6, 6.07) is 7.70. The Bertz CT molecular complexity index is 725. The highest BCUT2D eigenvalue weighted by Crippen LogP contribution is 2.60. The maximum atomic E-state index is 6.11. The summed E-state index contributed by atoms with van der Waals surface area (Å²) < 4.78 is 6.11. The van der Waals surface area contributed by atoms with Crippen molar-refractivity contribution in [1.82, 2.24) is 10.2 Å². The van der Waals surface area contributed by atoms with Crippen molar-refractivity contribution in [3.63, 3.8) is 0 Å². The van der Waals surface area contributed by atoms with Gasteiger partial charge in [-0.25, -0.2) is 0 Å². The van der Waals surface area contributed by atoms with Crippen molar-refractivity contribution in [2.24, 2.45) is 17.8 Å². The van der Waals surface area contributed by atoms with Crippen LogP contribution in [-0.2, 0) is 5.41 Å². The van der Waals surface area contributed by atoms with Gasteiger partial charge in [-0.15, -0.1) is 10.2 Å². The standard InChI is InChI=1S/C19H22ClN3OS/c20-15-1-3-16(4-2-15)21-11-25-18-23-22-17(24-18)19-8-12-5-13(9-19)7-14(6-12)10-19/h1-4,12-14,21H,5-11H2. The third-order valence-corrected chi connectivity index (χ3v) is 7.17. The van der Waals surface area contributed by atoms with Crippen LogP contribution in [-0.4, -0.2) is 16.1 Å². The van der Waals surface area contributed by atoms with E-state index in [2.05, 4.69) is 15.5 Å². The lowest BCUT2D eigenvalue weighted by molar-refractivity contribution is -0.0191. The van der Waals surface area contributed by atoms with Gasteiger partial charge in [-0.1, -0.05) is 11.6 Å². The molecule has 25 heavy (non-hydrogen) atoms. The number of thioether (sulfide) groups is 1. The van der Waals surface area contributed by atoms with E-state index in [1.54, 1.807) is 11.8 Å². The van der Waals surface area contributed by atoms with Crippen LogP contribution in [0.4, 0.5) is 5.69 Å². The van der Waals surface area contributed by atoms with Crippen LogP contribution in [0.5, 0.6) is 0 Å². The van der Waals surface area contributed by atoms with Gasteiger partial charge in [0.15, 0.2) is 0 Å². The number of rotatable bonds is 5. The molecule has 4 saturated carbocycles. The summed E-state index contributed by atoms with van der Waals surface area (Å²) in [4.78, 5) is 0. The lowest BCUT2D eigenvalue weighted by Gasteiger charge is -2.55. The SMILES string of the molecule is Clc1ccc(NCSc2nnc(C34CC5CC(CC(C5)C3)C4)o2)cc1. The second-order valence-electron chi connectivity index (χ2n) is 8.04. The molecule has 0 atom stereocenters. The molecule has 1 N–H and O–H groups in total. The van der Waals surface area contributed by atoms with E-state index in [-0.39, 0.29) is 5.41 Å². The molecule has 1 heterocycles. The van der Waals surface area contributed by atoms with Crippen LogP contribution in [0.15, 0.2) is 33.9 Å². The van der Waals surface area contributed by atoms with Crippen LogP contribution in [0.3, 0.4) is 0 Å². The van der Waals surface area contributed by atoms with Crippen molar-refractivity contribution >= 4 is 29.1 Å². The van der Waals surface area contributed by atoms with Gasteiger partial charge >= 0.3 is 0 Å². The van der Waals surface area contributed by atoms with Crippen LogP contribution >= 0.6 is 23.4 Å². The molecule has 1 aromatic carbocycles. The number of aromatic nitrogens is 2. The third-order valence-electron chi connectivity index (χ3n) is 6.21. The van der Waals surface area contributed by atoms with Crippen LogP contribution in [0.2, 0.25) is 5.02 Å². The molecule has 1 aromatic heterocycles. The Kier molecular flexibility index (Phi) is 3.97. The molecule has 4 aliphatic carbocycles. The molecule has 0 aliphatic heterocycles. The number of halogens is 1. The Balaban J connectivity index is 1.24. The summed E-state index contributed by atoms with van der Waals surface area (Å²) in [5.41, 5.74) is 1.22. The van der Waals surface area contributed by atoms with Crippen LogP contribution in [0.25, 0.3) is 0 Å². The Morgan fingerprint density at radius 3 is 2.32 bits per heavy atom. The van der Waals surface area contributed by atoms with E-state index in [4.69, 9.17) is 16.0 Å². The molecule has 6 rings (SSSR count). The van der Waals surface area contributed by atoms with Gasteiger partial charge in [-0.3, -0.25) is 0 Å². The molecule has 0 spiro atoms. The van der Waals surface area contributed by atoms with E-state index in [0.717, 1.165) is 34.4 Å². The largest absolute Gasteiger partial charge is 0.415 e. The average molecular weight is 376 g/mol. The molecule has 2 aromatic rings. The monoisotopic (exact) mass is 375 g/mol. The van der Waals surface area contributed by atoms with Crippen LogP contribution in [0.1, 0.15) is 44.4 Å². The smallest absolute Gasteiger partial charge is 0.278 e. The first-order valence-electron chi connectivity index (χ1n) is 9.15. The van der Waals surface area contributed by atoms with Gasteiger partial charge in [0.05, 0.1) is 5.88 Å². The molecule has 4 aliphatic rings. The van der Waals surface area contributed by atoms with Gasteiger partial charge in [0, 0.05) is 16.1 Å². The molecule has 4 fully saturated rings. The van der Waals surface area contributed by atoms with Gasteiger partial charge in [-0.2, -0.15) is 0 Å². The summed E-state index contributed by atoms with van der Waals surface area (Å²) in [6.45, 7) is 0. The molecule has 4 nitrogen and oxygen atoms in total. The highest BCUT2D eigenvalue weighted by atomic mass is 35.5. The van der Waals surface area contributed by atoms with E-state index in [0.29, 0.717) is 11.1 Å². The number of nitrogens with one attached hydrogen (secondary N) is 1. The molecule has 6 heteroatoms. The fourth-order valence-corrected chi connectivity index (χ4v) is 6.33. The Morgan fingerprint density at radius 2 is 1.68 bits per heavy atom. The van der Waals surface area contributed by atoms with Gasteiger partial charge in [0.2, 0.25) is 5.89 Å². The molecule has 0 amide bonds. The first-order valence-corrected chi connectivity index (χ1v) is 10.5. The average Bonchev–Trinajstić information content (AvgIpc) is 3.05. The van der Waals surface area contributed by atoms with Crippen LogP contribution < -0.4 is 5.32 Å². The first kappa shape index (κ1) is 16.0. The lowest BCUT2D eigenvalue weighted by atomic mass is 9.49. The van der Waals surface area contributed by atoms with Crippen molar-refractivity contribution in [2.45, 2.75) is 49.2 Å². The van der Waals surface area contributed by atoms with E-state index in [1.165, 1.54) is 38.5 Å². The summed E-state index contributed by atoms with van der Waals surface area (Å²) in [7, 11) is 0. The minimum atomic E-state index is 0.185. The summed E-state index contributed by atoms with van der Waals surface area (Å²) in [6.07, 6.45) is 8.07. The maximum absolute atomic E-state index is 6.11. The van der Waals surface area contributed by atoms with Gasteiger partial charge in [0.25, 0.3) is 5.22 Å². The molecular formula is C19H22ClN3OS. The van der Waals surface area contributed by atoms with E-state index in [1.807, 2.05) is 24.3 Å². The lowest BCUT2D eigenvalue weighted by Crippen LogP contribution is -2.48. The number of anilines is 1. The number of hydrogen-bond acceptors (Lipinski definition) is 5. The van der Waals surface area contributed by atoms with E-state index < -0.39 is 0 Å². The fraction of sp³-hybridized carbons (Fsp3) is 0.579.